The number of carbonyl (C=O) groups is 1. The minimum atomic E-state index is -0.899. The lowest BCUT2D eigenvalue weighted by Crippen LogP contribution is -2.43. The van der Waals surface area contributed by atoms with Crippen molar-refractivity contribution < 1.29 is 18.3 Å². The minimum Gasteiger partial charge on any atom is -0.461 e. The van der Waals surface area contributed by atoms with Crippen LogP contribution in [0.3, 0.4) is 0 Å². The summed E-state index contributed by atoms with van der Waals surface area (Å²) in [5.74, 6) is -0.604. The van der Waals surface area contributed by atoms with Gasteiger partial charge in [0.05, 0.1) is 15.3 Å². The molecule has 0 spiro atoms. The van der Waals surface area contributed by atoms with Crippen molar-refractivity contribution in [3.8, 4) is 17.3 Å². The van der Waals surface area contributed by atoms with E-state index in [-0.39, 0.29) is 36.3 Å². The molecule has 0 aliphatic carbocycles. The largest absolute Gasteiger partial charge is 0.461 e. The van der Waals surface area contributed by atoms with Crippen molar-refractivity contribution in [2.24, 2.45) is 0 Å². The second kappa shape index (κ2) is 10.9. The molecular weight excluding hydrogens is 558 g/mol. The van der Waals surface area contributed by atoms with Gasteiger partial charge in [0.2, 0.25) is 5.91 Å². The van der Waals surface area contributed by atoms with Crippen molar-refractivity contribution in [3.05, 3.63) is 53.3 Å². The molecule has 6 rings (SSSR count). The highest BCUT2D eigenvalue weighted by atomic mass is 35.5. The molecule has 208 valence electrons. The van der Waals surface area contributed by atoms with Gasteiger partial charge in [-0.25, -0.2) is 8.78 Å². The molecule has 0 radical (unpaired) electrons. The molecule has 2 atom stereocenters. The molecule has 40 heavy (non-hydrogen) atoms. The van der Waals surface area contributed by atoms with E-state index in [1.54, 1.807) is 12.1 Å². The maximum atomic E-state index is 16.2. The number of fused-ring (bicyclic) bond motifs is 3. The Hall–Kier alpha value is -3.41. The van der Waals surface area contributed by atoms with Crippen molar-refractivity contribution in [1.29, 1.82) is 0 Å². The number of anilines is 1. The fourth-order valence-corrected chi connectivity index (χ4v) is 6.92. The van der Waals surface area contributed by atoms with Crippen LogP contribution in [0.5, 0.6) is 6.01 Å². The standard InChI is InChI=1S/C28H27ClF2N6O2S/c1-2-22(38)32-8-9-33-26-19-13-34-24(17-5-3-6-20-18(17)11-21(29)40-20)23(31)25(19)35-27(36-26)39-15-28-7-4-10-37(28)14-16(30)12-28/h2-3,5-6,11,13,16H,1,4,7-10,12,14-15H2,(H,32,38)(H,33,35,36)/t16-,28?/m1/s1. The number of benzene rings is 1. The summed E-state index contributed by atoms with van der Waals surface area (Å²) in [6, 6.07) is 7.34. The van der Waals surface area contributed by atoms with E-state index >= 15 is 4.39 Å². The maximum absolute atomic E-state index is 16.2. The number of nitrogens with one attached hydrogen (secondary N) is 2. The number of halogens is 3. The first-order chi connectivity index (χ1) is 19.4. The molecule has 2 aliphatic heterocycles. The number of aromatic nitrogens is 3. The summed E-state index contributed by atoms with van der Waals surface area (Å²) >= 11 is 7.65. The fraction of sp³-hybridized carbons (Fsp3) is 0.357. The SMILES string of the molecule is C=CC(=O)NCCNc1nc(OCC23CCCN2C[C@H](F)C3)nc2c(F)c(-c3cccc4sc(Cl)cc34)ncc12. The van der Waals surface area contributed by atoms with Crippen LogP contribution in [0.15, 0.2) is 43.1 Å². The molecule has 2 N–H and O–H groups in total. The monoisotopic (exact) mass is 584 g/mol. The number of rotatable bonds is 9. The fourth-order valence-electron chi connectivity index (χ4n) is 5.75. The van der Waals surface area contributed by atoms with Crippen LogP contribution in [0.1, 0.15) is 19.3 Å². The number of hydrogen-bond acceptors (Lipinski definition) is 8. The smallest absolute Gasteiger partial charge is 0.319 e. The molecule has 2 saturated heterocycles. The zero-order chi connectivity index (χ0) is 27.9. The summed E-state index contributed by atoms with van der Waals surface area (Å²) < 4.78 is 38.1. The van der Waals surface area contributed by atoms with E-state index < -0.39 is 17.5 Å². The lowest BCUT2D eigenvalue weighted by molar-refractivity contribution is -0.116. The van der Waals surface area contributed by atoms with Gasteiger partial charge in [0, 0.05) is 47.9 Å². The average molecular weight is 585 g/mol. The quantitative estimate of drug-likeness (QED) is 0.202. The second-order valence-corrected chi connectivity index (χ2v) is 11.8. The highest BCUT2D eigenvalue weighted by Gasteiger charge is 2.49. The van der Waals surface area contributed by atoms with Crippen LogP contribution in [0.4, 0.5) is 14.6 Å². The van der Waals surface area contributed by atoms with E-state index in [9.17, 15) is 9.18 Å². The van der Waals surface area contributed by atoms with Crippen LogP contribution >= 0.6 is 22.9 Å². The number of hydrogen-bond donors (Lipinski definition) is 2. The molecule has 1 amide bonds. The zero-order valence-corrected chi connectivity index (χ0v) is 23.1. The predicted octanol–water partition coefficient (Wildman–Crippen LogP) is 5.37. The summed E-state index contributed by atoms with van der Waals surface area (Å²) in [6.45, 7) is 5.47. The topological polar surface area (TPSA) is 92.3 Å². The summed E-state index contributed by atoms with van der Waals surface area (Å²) in [5.41, 5.74) is 0.374. The van der Waals surface area contributed by atoms with Crippen LogP contribution in [0.2, 0.25) is 4.34 Å². The Morgan fingerprint density at radius 3 is 3.05 bits per heavy atom. The Morgan fingerprint density at radius 1 is 1.32 bits per heavy atom. The lowest BCUT2D eigenvalue weighted by atomic mass is 9.95. The Morgan fingerprint density at radius 2 is 2.20 bits per heavy atom. The summed E-state index contributed by atoms with van der Waals surface area (Å²) in [6.07, 6.45) is 4.00. The van der Waals surface area contributed by atoms with Gasteiger partial charge in [0.25, 0.3) is 0 Å². The van der Waals surface area contributed by atoms with E-state index in [0.29, 0.717) is 40.6 Å². The molecule has 12 heteroatoms. The van der Waals surface area contributed by atoms with Gasteiger partial charge in [-0.05, 0) is 37.6 Å². The number of alkyl halides is 1. The first-order valence-electron chi connectivity index (χ1n) is 13.1. The predicted molar refractivity (Wildman–Crippen MR) is 153 cm³/mol. The Balaban J connectivity index is 1.37. The zero-order valence-electron chi connectivity index (χ0n) is 21.6. The van der Waals surface area contributed by atoms with Gasteiger partial charge in [-0.3, -0.25) is 14.7 Å². The number of thiophene rings is 1. The summed E-state index contributed by atoms with van der Waals surface area (Å²) in [5, 5.41) is 6.98. The number of nitrogens with zero attached hydrogens (tertiary/aromatic N) is 4. The first-order valence-corrected chi connectivity index (χ1v) is 14.3. The van der Waals surface area contributed by atoms with E-state index in [4.69, 9.17) is 16.3 Å². The van der Waals surface area contributed by atoms with Gasteiger partial charge in [-0.2, -0.15) is 9.97 Å². The molecule has 2 fully saturated rings. The van der Waals surface area contributed by atoms with Crippen LogP contribution in [-0.2, 0) is 4.79 Å². The number of amides is 1. The molecule has 4 aromatic rings. The van der Waals surface area contributed by atoms with Crippen molar-refractivity contribution >= 4 is 55.7 Å². The van der Waals surface area contributed by atoms with E-state index in [1.165, 1.54) is 23.6 Å². The van der Waals surface area contributed by atoms with Crippen molar-refractivity contribution in [1.82, 2.24) is 25.2 Å². The first kappa shape index (κ1) is 26.8. The van der Waals surface area contributed by atoms with E-state index in [0.717, 1.165) is 29.5 Å². The Labute approximate surface area is 238 Å². The van der Waals surface area contributed by atoms with Gasteiger partial charge in [0.1, 0.15) is 29.8 Å². The highest BCUT2D eigenvalue weighted by Crippen LogP contribution is 2.41. The third-order valence-electron chi connectivity index (χ3n) is 7.58. The number of ether oxygens (including phenoxy) is 1. The molecule has 1 aromatic carbocycles. The molecule has 3 aromatic heterocycles. The number of pyridine rings is 1. The van der Waals surface area contributed by atoms with Gasteiger partial charge in [-0.15, -0.1) is 11.3 Å². The highest BCUT2D eigenvalue weighted by molar-refractivity contribution is 7.22. The van der Waals surface area contributed by atoms with E-state index in [2.05, 4.69) is 37.1 Å². The van der Waals surface area contributed by atoms with Crippen LogP contribution < -0.4 is 15.4 Å². The summed E-state index contributed by atoms with van der Waals surface area (Å²) in [7, 11) is 0. The van der Waals surface area contributed by atoms with Crippen LogP contribution in [-0.4, -0.2) is 70.3 Å². The van der Waals surface area contributed by atoms with Crippen LogP contribution in [0, 0.1) is 5.82 Å². The third kappa shape index (κ3) is 4.97. The normalized spacial score (nSPS) is 20.6. The Kier molecular flexibility index (Phi) is 7.28. The van der Waals surface area contributed by atoms with Gasteiger partial charge in [0.15, 0.2) is 5.82 Å². The van der Waals surface area contributed by atoms with Crippen molar-refractivity contribution in [3.63, 3.8) is 0 Å². The molecule has 1 unspecified atom stereocenters. The molecule has 0 bridgehead atoms. The van der Waals surface area contributed by atoms with Crippen molar-refractivity contribution in [2.75, 3.05) is 38.1 Å². The summed E-state index contributed by atoms with van der Waals surface area (Å²) in [4.78, 5) is 27.1. The van der Waals surface area contributed by atoms with Crippen molar-refractivity contribution in [2.45, 2.75) is 31.0 Å². The van der Waals surface area contributed by atoms with Gasteiger partial charge < -0.3 is 15.4 Å². The average Bonchev–Trinajstić information content (AvgIpc) is 3.60. The Bertz CT molecular complexity index is 1620. The molecule has 2 aliphatic rings. The molecule has 5 heterocycles. The number of carbonyl (C=O) groups excluding carboxylic acids is 1. The lowest BCUT2D eigenvalue weighted by Gasteiger charge is -2.30. The minimum absolute atomic E-state index is 0.0125. The molecular formula is C28H27ClF2N6O2S. The van der Waals surface area contributed by atoms with Gasteiger partial charge >= 0.3 is 6.01 Å². The van der Waals surface area contributed by atoms with E-state index in [1.807, 2.05) is 12.1 Å². The molecule has 8 nitrogen and oxygen atoms in total. The maximum Gasteiger partial charge on any atom is 0.319 e. The van der Waals surface area contributed by atoms with Gasteiger partial charge in [-0.1, -0.05) is 30.3 Å². The molecule has 0 saturated carbocycles. The van der Waals surface area contributed by atoms with Crippen LogP contribution in [0.25, 0.3) is 32.2 Å². The third-order valence-corrected chi connectivity index (χ3v) is 8.81. The second-order valence-electron chi connectivity index (χ2n) is 10.1.